The highest BCUT2D eigenvalue weighted by Gasteiger charge is 2.63. The topological polar surface area (TPSA) is 58.6 Å². The largest absolute Gasteiger partial charge is 0.369 e. The van der Waals surface area contributed by atoms with Gasteiger partial charge < -0.3 is 15.0 Å². The van der Waals surface area contributed by atoms with E-state index in [0.717, 1.165) is 43.6 Å². The SMILES string of the molecule is O=C(NC[C@H]1[C@H]2CN(C(=O)Cc3cccs3)C[C@]23CC[C@H]1O3)C1CCC1. The molecule has 0 radical (unpaired) electrons. The number of hydrogen-bond acceptors (Lipinski definition) is 4. The Labute approximate surface area is 158 Å². The van der Waals surface area contributed by atoms with E-state index in [1.807, 2.05) is 22.4 Å². The van der Waals surface area contributed by atoms with Crippen LogP contribution in [-0.4, -0.2) is 48.1 Å². The quantitative estimate of drug-likeness (QED) is 0.860. The molecule has 4 atom stereocenters. The summed E-state index contributed by atoms with van der Waals surface area (Å²) in [5, 5.41) is 5.20. The number of hydrogen-bond donors (Lipinski definition) is 1. The minimum atomic E-state index is -0.151. The predicted molar refractivity (Wildman–Crippen MR) is 98.8 cm³/mol. The zero-order valence-corrected chi connectivity index (χ0v) is 15.8. The molecule has 5 rings (SSSR count). The van der Waals surface area contributed by atoms with E-state index >= 15 is 0 Å². The van der Waals surface area contributed by atoms with Crippen LogP contribution in [0.15, 0.2) is 17.5 Å². The van der Waals surface area contributed by atoms with E-state index in [4.69, 9.17) is 4.74 Å². The maximum atomic E-state index is 12.7. The smallest absolute Gasteiger partial charge is 0.227 e. The molecule has 4 fully saturated rings. The summed E-state index contributed by atoms with van der Waals surface area (Å²) in [5.74, 6) is 1.38. The van der Waals surface area contributed by atoms with E-state index < -0.39 is 0 Å². The van der Waals surface area contributed by atoms with Gasteiger partial charge in [-0.2, -0.15) is 0 Å². The van der Waals surface area contributed by atoms with Gasteiger partial charge in [-0.15, -0.1) is 11.3 Å². The third kappa shape index (κ3) is 2.69. The van der Waals surface area contributed by atoms with Crippen molar-refractivity contribution in [3.8, 4) is 0 Å². The number of nitrogens with zero attached hydrogens (tertiary/aromatic N) is 1. The third-order valence-electron chi connectivity index (χ3n) is 7.03. The van der Waals surface area contributed by atoms with Crippen LogP contribution in [0.1, 0.15) is 37.0 Å². The van der Waals surface area contributed by atoms with E-state index in [1.165, 1.54) is 6.42 Å². The maximum absolute atomic E-state index is 12.7. The van der Waals surface area contributed by atoms with Crippen LogP contribution in [0.2, 0.25) is 0 Å². The fraction of sp³-hybridized carbons (Fsp3) is 0.700. The molecule has 6 heteroatoms. The first-order chi connectivity index (χ1) is 12.6. The summed E-state index contributed by atoms with van der Waals surface area (Å²) >= 11 is 1.64. The number of ether oxygens (including phenoxy) is 1. The normalized spacial score (nSPS) is 35.4. The van der Waals surface area contributed by atoms with Crippen molar-refractivity contribution in [3.63, 3.8) is 0 Å². The molecular weight excluding hydrogens is 348 g/mol. The summed E-state index contributed by atoms with van der Waals surface area (Å²) < 4.78 is 6.40. The molecule has 2 bridgehead atoms. The van der Waals surface area contributed by atoms with E-state index in [0.29, 0.717) is 24.8 Å². The molecule has 1 aliphatic carbocycles. The summed E-state index contributed by atoms with van der Waals surface area (Å²) in [4.78, 5) is 28.1. The number of carbonyl (C=O) groups excluding carboxylic acids is 2. The first-order valence-corrected chi connectivity index (χ1v) is 10.8. The second-order valence-corrected chi connectivity index (χ2v) is 9.47. The van der Waals surface area contributed by atoms with Crippen LogP contribution in [0.4, 0.5) is 0 Å². The van der Waals surface area contributed by atoms with Crippen molar-refractivity contribution in [1.29, 1.82) is 0 Å². The van der Waals surface area contributed by atoms with Crippen molar-refractivity contribution >= 4 is 23.2 Å². The summed E-state index contributed by atoms with van der Waals surface area (Å²) in [5.41, 5.74) is -0.151. The zero-order valence-electron chi connectivity index (χ0n) is 15.0. The van der Waals surface area contributed by atoms with Gasteiger partial charge in [0.1, 0.15) is 0 Å². The van der Waals surface area contributed by atoms with Gasteiger partial charge >= 0.3 is 0 Å². The number of nitrogens with one attached hydrogen (secondary N) is 1. The molecule has 26 heavy (non-hydrogen) atoms. The number of carbonyl (C=O) groups is 2. The summed E-state index contributed by atoms with van der Waals surface area (Å²) in [7, 11) is 0. The van der Waals surface area contributed by atoms with E-state index in [2.05, 4.69) is 5.32 Å². The minimum Gasteiger partial charge on any atom is -0.369 e. The van der Waals surface area contributed by atoms with Crippen LogP contribution >= 0.6 is 11.3 Å². The van der Waals surface area contributed by atoms with Crippen LogP contribution in [0.3, 0.4) is 0 Å². The molecule has 1 spiro atoms. The van der Waals surface area contributed by atoms with Crippen LogP contribution in [-0.2, 0) is 20.7 Å². The van der Waals surface area contributed by atoms with Gasteiger partial charge in [0.25, 0.3) is 0 Å². The Morgan fingerprint density at radius 3 is 2.96 bits per heavy atom. The van der Waals surface area contributed by atoms with Gasteiger partial charge in [-0.1, -0.05) is 12.5 Å². The summed E-state index contributed by atoms with van der Waals surface area (Å²) in [6.07, 6.45) is 6.12. The number of thiophene rings is 1. The van der Waals surface area contributed by atoms with Crippen molar-refractivity contribution in [2.75, 3.05) is 19.6 Å². The lowest BCUT2D eigenvalue weighted by atomic mass is 9.73. The molecule has 5 nitrogen and oxygen atoms in total. The Hall–Kier alpha value is -1.40. The minimum absolute atomic E-state index is 0.151. The van der Waals surface area contributed by atoms with Crippen molar-refractivity contribution in [2.24, 2.45) is 17.8 Å². The van der Waals surface area contributed by atoms with Crippen molar-refractivity contribution in [2.45, 2.75) is 50.2 Å². The fourth-order valence-corrected chi connectivity index (χ4v) is 6.06. The standard InChI is InChI=1S/C20H26N2O3S/c23-18(9-14-5-2-8-26-14)22-11-16-15(10-21-19(24)13-3-1-4-13)17-6-7-20(16,12-22)25-17/h2,5,8,13,15-17H,1,3-4,6-7,9-12H2,(H,21,24)/t15-,16+,17+,20+/m0/s1. The molecule has 4 aliphatic rings. The molecule has 2 amide bonds. The average molecular weight is 375 g/mol. The van der Waals surface area contributed by atoms with Crippen LogP contribution in [0.5, 0.6) is 0 Å². The first-order valence-electron chi connectivity index (χ1n) is 9.90. The lowest BCUT2D eigenvalue weighted by molar-refractivity contribution is -0.131. The second kappa shape index (κ2) is 6.34. The lowest BCUT2D eigenvalue weighted by Gasteiger charge is -2.30. The van der Waals surface area contributed by atoms with Gasteiger partial charge in [-0.25, -0.2) is 0 Å². The Morgan fingerprint density at radius 1 is 1.35 bits per heavy atom. The Morgan fingerprint density at radius 2 is 2.23 bits per heavy atom. The molecule has 0 unspecified atom stereocenters. The van der Waals surface area contributed by atoms with Crippen LogP contribution in [0.25, 0.3) is 0 Å². The van der Waals surface area contributed by atoms with E-state index in [-0.39, 0.29) is 29.4 Å². The molecular formula is C20H26N2O3S. The average Bonchev–Trinajstić information content (AvgIpc) is 3.31. The van der Waals surface area contributed by atoms with Gasteiger partial charge in [-0.05, 0) is 37.1 Å². The second-order valence-electron chi connectivity index (χ2n) is 8.43. The highest BCUT2D eigenvalue weighted by Crippen LogP contribution is 2.54. The molecule has 1 saturated carbocycles. The molecule has 3 aliphatic heterocycles. The highest BCUT2D eigenvalue weighted by molar-refractivity contribution is 7.10. The monoisotopic (exact) mass is 374 g/mol. The summed E-state index contributed by atoms with van der Waals surface area (Å²) in [6, 6.07) is 4.02. The van der Waals surface area contributed by atoms with Gasteiger partial charge in [0.15, 0.2) is 0 Å². The van der Waals surface area contributed by atoms with Crippen molar-refractivity contribution < 1.29 is 14.3 Å². The molecule has 3 saturated heterocycles. The van der Waals surface area contributed by atoms with Gasteiger partial charge in [-0.3, -0.25) is 9.59 Å². The summed E-state index contributed by atoms with van der Waals surface area (Å²) in [6.45, 7) is 2.22. The van der Waals surface area contributed by atoms with Gasteiger partial charge in [0.05, 0.1) is 24.7 Å². The Bertz CT molecular complexity index is 702. The third-order valence-corrected chi connectivity index (χ3v) is 7.91. The number of likely N-dealkylation sites (tertiary alicyclic amines) is 1. The van der Waals surface area contributed by atoms with Gasteiger partial charge in [0, 0.05) is 35.7 Å². The molecule has 0 aromatic carbocycles. The number of rotatable bonds is 5. The molecule has 1 N–H and O–H groups in total. The first kappa shape index (κ1) is 16.8. The van der Waals surface area contributed by atoms with E-state index in [9.17, 15) is 9.59 Å². The zero-order chi connectivity index (χ0) is 17.7. The maximum Gasteiger partial charge on any atom is 0.227 e. The molecule has 1 aromatic rings. The Balaban J connectivity index is 1.23. The van der Waals surface area contributed by atoms with Gasteiger partial charge in [0.2, 0.25) is 11.8 Å². The molecule has 4 heterocycles. The van der Waals surface area contributed by atoms with Crippen molar-refractivity contribution in [1.82, 2.24) is 10.2 Å². The van der Waals surface area contributed by atoms with Crippen LogP contribution < -0.4 is 5.32 Å². The number of amides is 2. The number of fused-ring (bicyclic) bond motifs is 1. The lowest BCUT2D eigenvalue weighted by Crippen LogP contribution is -2.44. The fourth-order valence-electron chi connectivity index (χ4n) is 5.36. The Kier molecular flexibility index (Phi) is 4.09. The van der Waals surface area contributed by atoms with Crippen molar-refractivity contribution in [3.05, 3.63) is 22.4 Å². The molecule has 1 aromatic heterocycles. The van der Waals surface area contributed by atoms with Crippen LogP contribution in [0, 0.1) is 17.8 Å². The molecule has 140 valence electrons. The van der Waals surface area contributed by atoms with E-state index in [1.54, 1.807) is 11.3 Å². The predicted octanol–water partition coefficient (Wildman–Crippen LogP) is 2.21. The highest BCUT2D eigenvalue weighted by atomic mass is 32.1.